The molecule has 0 aliphatic rings. The van der Waals surface area contributed by atoms with E-state index in [4.69, 9.17) is 0 Å². The van der Waals surface area contributed by atoms with Crippen LogP contribution in [-0.4, -0.2) is 15.6 Å². The number of ketones is 1. The molecule has 0 spiro atoms. The Morgan fingerprint density at radius 2 is 1.94 bits per heavy atom. The Balaban J connectivity index is 2.71. The lowest BCUT2D eigenvalue weighted by Gasteiger charge is -2.09. The number of aryl methyl sites for hydroxylation is 1. The van der Waals surface area contributed by atoms with E-state index in [1.165, 1.54) is 0 Å². The Kier molecular flexibility index (Phi) is 3.39. The molecule has 1 heterocycles. The molecule has 0 saturated heterocycles. The highest BCUT2D eigenvalue weighted by Gasteiger charge is 2.14. The van der Waals surface area contributed by atoms with Crippen molar-refractivity contribution < 1.29 is 4.79 Å². The molecule has 2 aromatic rings. The van der Waals surface area contributed by atoms with Crippen LogP contribution in [0.25, 0.3) is 5.69 Å². The van der Waals surface area contributed by atoms with E-state index in [0.29, 0.717) is 5.56 Å². The van der Waals surface area contributed by atoms with Crippen molar-refractivity contribution in [2.75, 3.05) is 0 Å². The number of aromatic nitrogens is 2. The van der Waals surface area contributed by atoms with Crippen LogP contribution in [0.1, 0.15) is 34.2 Å². The fourth-order valence-corrected chi connectivity index (χ4v) is 2.29. The zero-order valence-corrected chi connectivity index (χ0v) is 12.5. The Labute approximate surface area is 115 Å². The lowest BCUT2D eigenvalue weighted by atomic mass is 10.1. The Hall–Kier alpha value is -1.42. The summed E-state index contributed by atoms with van der Waals surface area (Å²) in [7, 11) is 0. The van der Waals surface area contributed by atoms with Crippen LogP contribution in [-0.2, 0) is 0 Å². The molecule has 0 saturated carbocycles. The van der Waals surface area contributed by atoms with Crippen molar-refractivity contribution in [3.63, 3.8) is 0 Å². The Morgan fingerprint density at radius 1 is 1.28 bits per heavy atom. The van der Waals surface area contributed by atoms with Gasteiger partial charge in [-0.25, -0.2) is 4.68 Å². The van der Waals surface area contributed by atoms with Crippen LogP contribution < -0.4 is 0 Å². The van der Waals surface area contributed by atoms with Crippen LogP contribution in [0.4, 0.5) is 0 Å². The molecule has 2 rings (SSSR count). The summed E-state index contributed by atoms with van der Waals surface area (Å²) in [4.78, 5) is 11.7. The molecule has 0 N–H and O–H groups in total. The molecular weight excluding hydrogens is 292 g/mol. The van der Waals surface area contributed by atoms with E-state index in [0.717, 1.165) is 27.1 Å². The molecule has 0 bridgehead atoms. The van der Waals surface area contributed by atoms with Gasteiger partial charge in [-0.05, 0) is 51.5 Å². The standard InChI is InChI=1S/C14H15BrN2O/c1-8-9(2)16-17(10(8)3)14-6-5-12(15)7-13(14)11(4)18/h5-7H,1-4H3. The van der Waals surface area contributed by atoms with Gasteiger partial charge in [-0.1, -0.05) is 15.9 Å². The van der Waals surface area contributed by atoms with Gasteiger partial charge in [-0.2, -0.15) is 5.10 Å². The summed E-state index contributed by atoms with van der Waals surface area (Å²) >= 11 is 3.39. The predicted octanol–water partition coefficient (Wildman–Crippen LogP) is 3.76. The van der Waals surface area contributed by atoms with Crippen LogP contribution in [0.3, 0.4) is 0 Å². The number of hydrogen-bond acceptors (Lipinski definition) is 2. The minimum absolute atomic E-state index is 0.0384. The summed E-state index contributed by atoms with van der Waals surface area (Å²) < 4.78 is 2.74. The summed E-state index contributed by atoms with van der Waals surface area (Å²) in [5.74, 6) is 0.0384. The molecule has 0 amide bonds. The van der Waals surface area contributed by atoms with Gasteiger partial charge in [0.15, 0.2) is 5.78 Å². The zero-order chi connectivity index (χ0) is 13.4. The smallest absolute Gasteiger partial charge is 0.162 e. The first kappa shape index (κ1) is 13.0. The topological polar surface area (TPSA) is 34.9 Å². The monoisotopic (exact) mass is 306 g/mol. The first-order valence-corrected chi connectivity index (χ1v) is 6.54. The van der Waals surface area contributed by atoms with Gasteiger partial charge in [-0.15, -0.1) is 0 Å². The number of benzene rings is 1. The van der Waals surface area contributed by atoms with Gasteiger partial charge < -0.3 is 0 Å². The van der Waals surface area contributed by atoms with Crippen LogP contribution in [0.5, 0.6) is 0 Å². The number of rotatable bonds is 2. The SMILES string of the molecule is CC(=O)c1cc(Br)ccc1-n1nc(C)c(C)c1C. The quantitative estimate of drug-likeness (QED) is 0.792. The highest BCUT2D eigenvalue weighted by molar-refractivity contribution is 9.10. The van der Waals surface area contributed by atoms with Gasteiger partial charge in [0, 0.05) is 15.7 Å². The van der Waals surface area contributed by atoms with Crippen molar-refractivity contribution in [2.45, 2.75) is 27.7 Å². The maximum absolute atomic E-state index is 11.7. The highest BCUT2D eigenvalue weighted by Crippen LogP contribution is 2.23. The number of carbonyl (C=O) groups is 1. The molecule has 94 valence electrons. The highest BCUT2D eigenvalue weighted by atomic mass is 79.9. The van der Waals surface area contributed by atoms with Crippen LogP contribution in [0.15, 0.2) is 22.7 Å². The molecule has 0 aliphatic carbocycles. The fourth-order valence-electron chi connectivity index (χ4n) is 1.93. The molecule has 0 fully saturated rings. The third-order valence-electron chi connectivity index (χ3n) is 3.22. The molecule has 1 aromatic heterocycles. The van der Waals surface area contributed by atoms with Gasteiger partial charge in [0.05, 0.1) is 11.4 Å². The van der Waals surface area contributed by atoms with Crippen LogP contribution >= 0.6 is 15.9 Å². The Bertz CT molecular complexity index is 629. The van der Waals surface area contributed by atoms with Gasteiger partial charge in [-0.3, -0.25) is 4.79 Å². The van der Waals surface area contributed by atoms with Gasteiger partial charge in [0.2, 0.25) is 0 Å². The third-order valence-corrected chi connectivity index (χ3v) is 3.71. The molecule has 0 aliphatic heterocycles. The maximum atomic E-state index is 11.7. The largest absolute Gasteiger partial charge is 0.294 e. The lowest BCUT2D eigenvalue weighted by molar-refractivity contribution is 0.101. The van der Waals surface area contributed by atoms with E-state index in [9.17, 15) is 4.79 Å². The van der Waals surface area contributed by atoms with Crippen molar-refractivity contribution in [3.8, 4) is 5.69 Å². The van der Waals surface area contributed by atoms with E-state index in [1.54, 1.807) is 6.92 Å². The maximum Gasteiger partial charge on any atom is 0.162 e. The second-order valence-electron chi connectivity index (χ2n) is 4.43. The Morgan fingerprint density at radius 3 is 2.44 bits per heavy atom. The molecule has 0 unspecified atom stereocenters. The van der Waals surface area contributed by atoms with Crippen molar-refractivity contribution >= 4 is 21.7 Å². The van der Waals surface area contributed by atoms with E-state index in [1.807, 2.05) is 43.7 Å². The molecule has 0 radical (unpaired) electrons. The predicted molar refractivity (Wildman–Crippen MR) is 75.5 cm³/mol. The minimum atomic E-state index is 0.0384. The molecule has 18 heavy (non-hydrogen) atoms. The molecule has 3 nitrogen and oxygen atoms in total. The number of nitrogens with zero attached hydrogens (tertiary/aromatic N) is 2. The second kappa shape index (κ2) is 4.69. The molecular formula is C14H15BrN2O. The number of halogens is 1. The van der Waals surface area contributed by atoms with E-state index < -0.39 is 0 Å². The van der Waals surface area contributed by atoms with E-state index in [-0.39, 0.29) is 5.78 Å². The lowest BCUT2D eigenvalue weighted by Crippen LogP contribution is -2.06. The second-order valence-corrected chi connectivity index (χ2v) is 5.34. The average molecular weight is 307 g/mol. The molecule has 4 heteroatoms. The van der Waals surface area contributed by atoms with E-state index >= 15 is 0 Å². The summed E-state index contributed by atoms with van der Waals surface area (Å²) in [6.45, 7) is 7.61. The van der Waals surface area contributed by atoms with Crippen molar-refractivity contribution in [1.29, 1.82) is 0 Å². The van der Waals surface area contributed by atoms with Crippen molar-refractivity contribution in [1.82, 2.24) is 9.78 Å². The number of hydrogen-bond donors (Lipinski definition) is 0. The zero-order valence-electron chi connectivity index (χ0n) is 10.9. The minimum Gasteiger partial charge on any atom is -0.294 e. The average Bonchev–Trinajstić information content (AvgIpc) is 2.57. The first-order valence-electron chi connectivity index (χ1n) is 5.75. The van der Waals surface area contributed by atoms with Gasteiger partial charge in [0.1, 0.15) is 0 Å². The third kappa shape index (κ3) is 2.12. The summed E-state index contributed by atoms with van der Waals surface area (Å²) in [5.41, 5.74) is 4.73. The normalized spacial score (nSPS) is 10.7. The molecule has 0 atom stereocenters. The molecule has 1 aromatic carbocycles. The number of Topliss-reactive ketones (excluding diaryl/α,β-unsaturated/α-hetero) is 1. The fraction of sp³-hybridized carbons (Fsp3) is 0.286. The first-order chi connectivity index (χ1) is 8.41. The van der Waals surface area contributed by atoms with Crippen LogP contribution in [0.2, 0.25) is 0 Å². The van der Waals surface area contributed by atoms with E-state index in [2.05, 4.69) is 21.0 Å². The number of carbonyl (C=O) groups excluding carboxylic acids is 1. The summed E-state index contributed by atoms with van der Waals surface area (Å²) in [5, 5.41) is 4.50. The van der Waals surface area contributed by atoms with Crippen molar-refractivity contribution in [2.24, 2.45) is 0 Å². The summed E-state index contributed by atoms with van der Waals surface area (Å²) in [6.07, 6.45) is 0. The van der Waals surface area contributed by atoms with Gasteiger partial charge >= 0.3 is 0 Å². The summed E-state index contributed by atoms with van der Waals surface area (Å²) in [6, 6.07) is 5.68. The van der Waals surface area contributed by atoms with Crippen LogP contribution in [0, 0.1) is 20.8 Å². The van der Waals surface area contributed by atoms with Crippen molar-refractivity contribution in [3.05, 3.63) is 45.2 Å². The van der Waals surface area contributed by atoms with Gasteiger partial charge in [0.25, 0.3) is 0 Å².